The summed E-state index contributed by atoms with van der Waals surface area (Å²) in [6.07, 6.45) is 5.03. The number of hydrogen-bond donors (Lipinski definition) is 1. The number of thioether (sulfide) groups is 1. The summed E-state index contributed by atoms with van der Waals surface area (Å²) in [6, 6.07) is 3.56. The van der Waals surface area contributed by atoms with Crippen LogP contribution in [0.1, 0.15) is 5.56 Å². The Kier molecular flexibility index (Phi) is 5.11. The SMILES string of the molecule is COc1cc(C=CC=C2SC(=O)NC2=O)cc(OC)c1OC. The molecule has 1 heterocycles. The van der Waals surface area contributed by atoms with Gasteiger partial charge in [0, 0.05) is 0 Å². The standard InChI is InChI=1S/C15H15NO5S/c1-19-10-7-9(8-11(20-2)13(10)21-3)5-4-6-12-14(17)16-15(18)22-12/h4-8H,1-3H3,(H,16,17,18). The van der Waals surface area contributed by atoms with Gasteiger partial charge in [-0.3, -0.25) is 14.9 Å². The minimum atomic E-state index is -0.385. The van der Waals surface area contributed by atoms with Crippen LogP contribution in [0.15, 0.2) is 29.2 Å². The molecule has 1 aromatic rings. The van der Waals surface area contributed by atoms with Gasteiger partial charge in [-0.15, -0.1) is 0 Å². The molecule has 1 aliphatic rings. The number of hydrogen-bond acceptors (Lipinski definition) is 6. The molecule has 2 rings (SSSR count). The normalized spacial score (nSPS) is 16.2. The maximum absolute atomic E-state index is 11.4. The lowest BCUT2D eigenvalue weighted by Gasteiger charge is -2.12. The lowest BCUT2D eigenvalue weighted by molar-refractivity contribution is -0.115. The van der Waals surface area contributed by atoms with Crippen LogP contribution >= 0.6 is 11.8 Å². The molecule has 116 valence electrons. The molecule has 0 bridgehead atoms. The van der Waals surface area contributed by atoms with Gasteiger partial charge in [0.1, 0.15) is 0 Å². The van der Waals surface area contributed by atoms with Gasteiger partial charge in [0.2, 0.25) is 5.75 Å². The number of imide groups is 1. The van der Waals surface area contributed by atoms with Gasteiger partial charge in [-0.25, -0.2) is 0 Å². The van der Waals surface area contributed by atoms with E-state index in [9.17, 15) is 9.59 Å². The zero-order valence-corrected chi connectivity index (χ0v) is 13.2. The fraction of sp³-hybridized carbons (Fsp3) is 0.200. The van der Waals surface area contributed by atoms with Gasteiger partial charge in [0.05, 0.1) is 26.2 Å². The van der Waals surface area contributed by atoms with Gasteiger partial charge in [0.15, 0.2) is 11.5 Å². The molecule has 1 fully saturated rings. The first-order chi connectivity index (χ1) is 10.6. The van der Waals surface area contributed by atoms with Crippen LogP contribution in [0.3, 0.4) is 0 Å². The van der Waals surface area contributed by atoms with Crippen molar-refractivity contribution in [1.29, 1.82) is 0 Å². The van der Waals surface area contributed by atoms with E-state index in [2.05, 4.69) is 5.32 Å². The van der Waals surface area contributed by atoms with Crippen LogP contribution < -0.4 is 19.5 Å². The summed E-state index contributed by atoms with van der Waals surface area (Å²) in [5.74, 6) is 1.20. The van der Waals surface area contributed by atoms with Crippen LogP contribution in [-0.4, -0.2) is 32.5 Å². The Morgan fingerprint density at radius 2 is 1.68 bits per heavy atom. The molecule has 1 aliphatic heterocycles. The highest BCUT2D eigenvalue weighted by Crippen LogP contribution is 2.38. The molecule has 6 nitrogen and oxygen atoms in total. The molecule has 0 saturated carbocycles. The Bertz CT molecular complexity index is 641. The van der Waals surface area contributed by atoms with Crippen molar-refractivity contribution >= 4 is 29.0 Å². The molecule has 0 aromatic heterocycles. The predicted molar refractivity (Wildman–Crippen MR) is 84.3 cm³/mol. The summed E-state index contributed by atoms with van der Waals surface area (Å²) in [5, 5.41) is 1.83. The first-order valence-corrected chi connectivity index (χ1v) is 7.12. The fourth-order valence-electron chi connectivity index (χ4n) is 1.88. The number of benzene rings is 1. The molecule has 2 amide bonds. The van der Waals surface area contributed by atoms with Gasteiger partial charge in [-0.2, -0.15) is 0 Å². The van der Waals surface area contributed by atoms with E-state index < -0.39 is 0 Å². The zero-order chi connectivity index (χ0) is 16.1. The van der Waals surface area contributed by atoms with Crippen molar-refractivity contribution in [2.75, 3.05) is 21.3 Å². The molecule has 7 heteroatoms. The minimum absolute atomic E-state index is 0.355. The molecular weight excluding hydrogens is 306 g/mol. The van der Waals surface area contributed by atoms with Crippen LogP contribution in [0.25, 0.3) is 6.08 Å². The summed E-state index contributed by atoms with van der Waals surface area (Å²) in [6.45, 7) is 0. The van der Waals surface area contributed by atoms with E-state index in [0.29, 0.717) is 22.2 Å². The van der Waals surface area contributed by atoms with E-state index in [0.717, 1.165) is 17.3 Å². The van der Waals surface area contributed by atoms with Crippen LogP contribution in [-0.2, 0) is 4.79 Å². The van der Waals surface area contributed by atoms with Crippen molar-refractivity contribution in [3.63, 3.8) is 0 Å². The summed E-state index contributed by atoms with van der Waals surface area (Å²) in [7, 11) is 4.61. The maximum Gasteiger partial charge on any atom is 0.290 e. The Morgan fingerprint density at radius 3 is 2.14 bits per heavy atom. The van der Waals surface area contributed by atoms with Crippen molar-refractivity contribution in [3.8, 4) is 17.2 Å². The van der Waals surface area contributed by atoms with Crippen LogP contribution in [0.5, 0.6) is 17.2 Å². The van der Waals surface area contributed by atoms with Crippen molar-refractivity contribution in [1.82, 2.24) is 5.32 Å². The summed E-state index contributed by atoms with van der Waals surface area (Å²) < 4.78 is 15.8. The minimum Gasteiger partial charge on any atom is -0.493 e. The zero-order valence-electron chi connectivity index (χ0n) is 12.3. The molecule has 0 spiro atoms. The first-order valence-electron chi connectivity index (χ1n) is 6.30. The average Bonchev–Trinajstić information content (AvgIpc) is 2.84. The van der Waals surface area contributed by atoms with Crippen LogP contribution in [0.4, 0.5) is 4.79 Å². The molecule has 0 unspecified atom stereocenters. The number of allylic oxidation sites excluding steroid dienone is 2. The number of carbonyl (C=O) groups is 2. The van der Waals surface area contributed by atoms with Crippen molar-refractivity contribution in [3.05, 3.63) is 34.8 Å². The summed E-state index contributed by atoms with van der Waals surface area (Å²) in [4.78, 5) is 22.8. The molecule has 0 atom stereocenters. The second-order valence-corrected chi connectivity index (χ2v) is 5.21. The molecule has 1 N–H and O–H groups in total. The van der Waals surface area contributed by atoms with Crippen molar-refractivity contribution in [2.24, 2.45) is 0 Å². The average molecular weight is 321 g/mol. The van der Waals surface area contributed by atoms with Crippen LogP contribution in [0.2, 0.25) is 0 Å². The van der Waals surface area contributed by atoms with E-state index in [1.165, 1.54) is 21.3 Å². The summed E-state index contributed by atoms with van der Waals surface area (Å²) >= 11 is 0.871. The largest absolute Gasteiger partial charge is 0.493 e. The van der Waals surface area contributed by atoms with E-state index in [1.807, 2.05) is 0 Å². The topological polar surface area (TPSA) is 73.9 Å². The van der Waals surface area contributed by atoms with E-state index in [1.54, 1.807) is 30.4 Å². The second kappa shape index (κ2) is 7.04. The quantitative estimate of drug-likeness (QED) is 0.840. The lowest BCUT2D eigenvalue weighted by Crippen LogP contribution is -2.17. The maximum atomic E-state index is 11.4. The smallest absolute Gasteiger partial charge is 0.290 e. The molecular formula is C15H15NO5S. The Labute approximate surface area is 132 Å². The Hall–Kier alpha value is -2.41. The van der Waals surface area contributed by atoms with Crippen molar-refractivity contribution < 1.29 is 23.8 Å². The second-order valence-electron chi connectivity index (χ2n) is 4.19. The number of nitrogens with one attached hydrogen (secondary N) is 1. The van der Waals surface area contributed by atoms with Gasteiger partial charge in [0.25, 0.3) is 11.1 Å². The van der Waals surface area contributed by atoms with Crippen LogP contribution in [0, 0.1) is 0 Å². The van der Waals surface area contributed by atoms with Crippen molar-refractivity contribution in [2.45, 2.75) is 0 Å². The molecule has 1 aromatic carbocycles. The number of ether oxygens (including phenoxy) is 3. The van der Waals surface area contributed by atoms with E-state index in [-0.39, 0.29) is 11.1 Å². The molecule has 0 radical (unpaired) electrons. The number of amides is 2. The Morgan fingerprint density at radius 1 is 1.05 bits per heavy atom. The number of rotatable bonds is 5. The van der Waals surface area contributed by atoms with Gasteiger partial charge in [-0.05, 0) is 35.5 Å². The third kappa shape index (κ3) is 3.43. The highest BCUT2D eigenvalue weighted by Gasteiger charge is 2.24. The monoisotopic (exact) mass is 321 g/mol. The predicted octanol–water partition coefficient (Wildman–Crippen LogP) is 2.59. The molecule has 22 heavy (non-hydrogen) atoms. The molecule has 1 saturated heterocycles. The number of methoxy groups -OCH3 is 3. The third-order valence-electron chi connectivity index (χ3n) is 2.87. The molecule has 0 aliphatic carbocycles. The Balaban J connectivity index is 2.26. The summed E-state index contributed by atoms with van der Waals surface area (Å²) in [5.41, 5.74) is 0.807. The highest BCUT2D eigenvalue weighted by molar-refractivity contribution is 8.18. The number of carbonyl (C=O) groups excluding carboxylic acids is 2. The van der Waals surface area contributed by atoms with Gasteiger partial charge >= 0.3 is 0 Å². The van der Waals surface area contributed by atoms with E-state index in [4.69, 9.17) is 14.2 Å². The fourth-order valence-corrected chi connectivity index (χ4v) is 2.51. The third-order valence-corrected chi connectivity index (χ3v) is 3.69. The first kappa shape index (κ1) is 16.0. The van der Waals surface area contributed by atoms with E-state index >= 15 is 0 Å². The van der Waals surface area contributed by atoms with Gasteiger partial charge < -0.3 is 14.2 Å². The lowest BCUT2D eigenvalue weighted by atomic mass is 10.1. The highest BCUT2D eigenvalue weighted by atomic mass is 32.2. The van der Waals surface area contributed by atoms with Gasteiger partial charge in [-0.1, -0.05) is 12.2 Å².